The first-order chi connectivity index (χ1) is 9.74. The van der Waals surface area contributed by atoms with Crippen molar-refractivity contribution in [2.45, 2.75) is 51.0 Å². The van der Waals surface area contributed by atoms with E-state index >= 15 is 0 Å². The van der Waals surface area contributed by atoms with Crippen LogP contribution in [0.4, 0.5) is 0 Å². The van der Waals surface area contributed by atoms with Gasteiger partial charge in [-0.05, 0) is 60.6 Å². The molecule has 1 saturated heterocycles. The van der Waals surface area contributed by atoms with Crippen LogP contribution >= 0.6 is 22.6 Å². The second-order valence-electron chi connectivity index (χ2n) is 5.56. The molecule has 0 amide bonds. The van der Waals surface area contributed by atoms with Gasteiger partial charge in [0.05, 0.1) is 6.61 Å². The van der Waals surface area contributed by atoms with Crippen molar-refractivity contribution in [3.05, 3.63) is 15.7 Å². The zero-order chi connectivity index (χ0) is 13.9. The van der Waals surface area contributed by atoms with E-state index in [1.165, 1.54) is 6.42 Å². The first-order valence-corrected chi connectivity index (χ1v) is 8.46. The number of imidazole rings is 1. The number of aromatic nitrogens is 2. The quantitative estimate of drug-likeness (QED) is 0.756. The lowest BCUT2D eigenvalue weighted by atomic mass is 10.2. The fourth-order valence-electron chi connectivity index (χ4n) is 2.56. The zero-order valence-electron chi connectivity index (χ0n) is 11.5. The van der Waals surface area contributed by atoms with Gasteiger partial charge in [-0.1, -0.05) is 0 Å². The lowest BCUT2D eigenvalue weighted by molar-refractivity contribution is -0.163. The van der Waals surface area contributed by atoms with Gasteiger partial charge in [-0.15, -0.1) is 0 Å². The Kier molecular flexibility index (Phi) is 4.95. The van der Waals surface area contributed by atoms with E-state index in [0.717, 1.165) is 48.4 Å². The van der Waals surface area contributed by atoms with Crippen molar-refractivity contribution >= 4 is 22.6 Å². The van der Waals surface area contributed by atoms with Gasteiger partial charge in [0, 0.05) is 19.3 Å². The van der Waals surface area contributed by atoms with Gasteiger partial charge in [0.15, 0.2) is 6.29 Å². The van der Waals surface area contributed by atoms with Gasteiger partial charge in [-0.25, -0.2) is 4.98 Å². The van der Waals surface area contributed by atoms with E-state index in [2.05, 4.69) is 27.6 Å². The van der Waals surface area contributed by atoms with Gasteiger partial charge in [0.2, 0.25) is 0 Å². The van der Waals surface area contributed by atoms with Gasteiger partial charge in [-0.3, -0.25) is 0 Å². The number of ether oxygens (including phenoxy) is 2. The van der Waals surface area contributed by atoms with Crippen LogP contribution in [-0.4, -0.2) is 34.2 Å². The molecule has 2 fully saturated rings. The number of aliphatic hydroxyl groups excluding tert-OH is 1. The molecule has 3 rings (SSSR count). The molecule has 0 spiro atoms. The highest BCUT2D eigenvalue weighted by molar-refractivity contribution is 14.1. The van der Waals surface area contributed by atoms with E-state index in [-0.39, 0.29) is 6.29 Å². The van der Waals surface area contributed by atoms with Crippen LogP contribution in [0.15, 0.2) is 6.20 Å². The molecule has 1 aromatic rings. The topological polar surface area (TPSA) is 56.5 Å². The highest BCUT2D eigenvalue weighted by atomic mass is 127. The molecule has 6 heteroatoms. The Morgan fingerprint density at radius 2 is 2.30 bits per heavy atom. The van der Waals surface area contributed by atoms with Crippen molar-refractivity contribution in [1.29, 1.82) is 0 Å². The summed E-state index contributed by atoms with van der Waals surface area (Å²) in [7, 11) is 0. The first-order valence-electron chi connectivity index (χ1n) is 7.38. The van der Waals surface area contributed by atoms with Crippen molar-refractivity contribution in [2.24, 2.45) is 5.92 Å². The first kappa shape index (κ1) is 14.7. The molecule has 112 valence electrons. The van der Waals surface area contributed by atoms with Crippen LogP contribution in [0.25, 0.3) is 0 Å². The van der Waals surface area contributed by atoms with E-state index in [1.807, 2.05) is 10.8 Å². The Hall–Kier alpha value is -0.180. The largest absolute Gasteiger partial charge is 0.385 e. The zero-order valence-corrected chi connectivity index (χ0v) is 13.7. The molecular formula is C14H21IN2O3. The van der Waals surface area contributed by atoms with Gasteiger partial charge in [0.1, 0.15) is 15.6 Å². The van der Waals surface area contributed by atoms with Crippen molar-refractivity contribution in [3.8, 4) is 0 Å². The summed E-state index contributed by atoms with van der Waals surface area (Å²) >= 11 is 2.19. The Labute approximate surface area is 132 Å². The standard InChI is InChI=1S/C14H21IN2O3/c15-11-9-17(14(16-11)13(18)10-4-5-10)6-8-20-12-3-1-2-7-19-12/h9-10,12-13,18H,1-8H2. The van der Waals surface area contributed by atoms with Gasteiger partial charge < -0.3 is 19.1 Å². The van der Waals surface area contributed by atoms with E-state index < -0.39 is 6.10 Å². The van der Waals surface area contributed by atoms with Crippen LogP contribution < -0.4 is 0 Å². The molecule has 5 nitrogen and oxygen atoms in total. The molecule has 0 radical (unpaired) electrons. The highest BCUT2D eigenvalue weighted by Crippen LogP contribution is 2.40. The highest BCUT2D eigenvalue weighted by Gasteiger charge is 2.33. The molecule has 1 N–H and O–H groups in total. The molecule has 1 aromatic heterocycles. The summed E-state index contributed by atoms with van der Waals surface area (Å²) in [6.45, 7) is 2.12. The minimum absolute atomic E-state index is 0.0526. The van der Waals surface area contributed by atoms with E-state index in [0.29, 0.717) is 12.5 Å². The SMILES string of the molecule is OC(c1nc(I)cn1CCOC1CCCCO1)C1CC1. The lowest BCUT2D eigenvalue weighted by Gasteiger charge is -2.23. The maximum atomic E-state index is 10.3. The Balaban J connectivity index is 1.53. The number of hydrogen-bond donors (Lipinski definition) is 1. The summed E-state index contributed by atoms with van der Waals surface area (Å²) < 4.78 is 14.2. The summed E-state index contributed by atoms with van der Waals surface area (Å²) in [5, 5.41) is 10.3. The number of rotatable bonds is 6. The fourth-order valence-corrected chi connectivity index (χ4v) is 3.14. The number of hydrogen-bond acceptors (Lipinski definition) is 4. The predicted molar refractivity (Wildman–Crippen MR) is 82.2 cm³/mol. The third kappa shape index (κ3) is 3.72. The Bertz CT molecular complexity index is 442. The maximum absolute atomic E-state index is 10.3. The molecule has 1 saturated carbocycles. The summed E-state index contributed by atoms with van der Waals surface area (Å²) in [6, 6.07) is 0. The summed E-state index contributed by atoms with van der Waals surface area (Å²) in [6.07, 6.45) is 7.02. The summed E-state index contributed by atoms with van der Waals surface area (Å²) in [4.78, 5) is 4.45. The molecule has 1 aliphatic heterocycles. The molecule has 0 aromatic carbocycles. The third-order valence-electron chi connectivity index (χ3n) is 3.88. The van der Waals surface area contributed by atoms with E-state index in [4.69, 9.17) is 9.47 Å². The van der Waals surface area contributed by atoms with Crippen molar-refractivity contribution < 1.29 is 14.6 Å². The van der Waals surface area contributed by atoms with Crippen molar-refractivity contribution in [1.82, 2.24) is 9.55 Å². The smallest absolute Gasteiger partial charge is 0.157 e. The average Bonchev–Trinajstić information content (AvgIpc) is 3.23. The second kappa shape index (κ2) is 6.72. The van der Waals surface area contributed by atoms with Crippen LogP contribution in [0, 0.1) is 9.62 Å². The maximum Gasteiger partial charge on any atom is 0.157 e. The fraction of sp³-hybridized carbons (Fsp3) is 0.786. The Morgan fingerprint density at radius 3 is 3.00 bits per heavy atom. The van der Waals surface area contributed by atoms with Crippen molar-refractivity contribution in [2.75, 3.05) is 13.2 Å². The van der Waals surface area contributed by atoms with Gasteiger partial charge >= 0.3 is 0 Å². The average molecular weight is 392 g/mol. The van der Waals surface area contributed by atoms with Crippen molar-refractivity contribution in [3.63, 3.8) is 0 Å². The molecule has 0 bridgehead atoms. The van der Waals surface area contributed by atoms with Crippen LogP contribution in [0.2, 0.25) is 0 Å². The minimum atomic E-state index is -0.426. The second-order valence-corrected chi connectivity index (χ2v) is 6.67. The molecular weight excluding hydrogens is 371 g/mol. The molecule has 2 heterocycles. The lowest BCUT2D eigenvalue weighted by Crippen LogP contribution is -2.24. The number of aliphatic hydroxyl groups is 1. The Morgan fingerprint density at radius 1 is 1.45 bits per heavy atom. The normalized spacial score (nSPS) is 24.8. The van der Waals surface area contributed by atoms with Crippen LogP contribution in [-0.2, 0) is 16.0 Å². The monoisotopic (exact) mass is 392 g/mol. The van der Waals surface area contributed by atoms with Crippen LogP contribution in [0.3, 0.4) is 0 Å². The van der Waals surface area contributed by atoms with Crippen LogP contribution in [0.1, 0.15) is 44.0 Å². The number of nitrogens with zero attached hydrogens (tertiary/aromatic N) is 2. The van der Waals surface area contributed by atoms with Gasteiger partial charge in [0.25, 0.3) is 0 Å². The van der Waals surface area contributed by atoms with E-state index in [9.17, 15) is 5.11 Å². The summed E-state index contributed by atoms with van der Waals surface area (Å²) in [5.74, 6) is 1.18. The predicted octanol–water partition coefficient (Wildman–Crippen LogP) is 2.47. The molecule has 2 atom stereocenters. The van der Waals surface area contributed by atoms with Gasteiger partial charge in [-0.2, -0.15) is 0 Å². The number of halogens is 1. The third-order valence-corrected chi connectivity index (χ3v) is 4.40. The van der Waals surface area contributed by atoms with E-state index in [1.54, 1.807) is 0 Å². The molecule has 2 unspecified atom stereocenters. The summed E-state index contributed by atoms with van der Waals surface area (Å²) in [5.41, 5.74) is 0. The molecule has 2 aliphatic rings. The van der Waals surface area contributed by atoms with Crippen LogP contribution in [0.5, 0.6) is 0 Å². The minimum Gasteiger partial charge on any atom is -0.385 e. The molecule has 20 heavy (non-hydrogen) atoms. The molecule has 1 aliphatic carbocycles.